The first-order chi connectivity index (χ1) is 13.4. The topological polar surface area (TPSA) is 95.1 Å². The molecule has 2 aliphatic heterocycles. The Hall–Kier alpha value is -2.77. The van der Waals surface area contributed by atoms with Crippen LogP contribution in [0.1, 0.15) is 78.8 Å². The molecule has 8 heteroatoms. The van der Waals surface area contributed by atoms with Crippen LogP contribution in [-0.4, -0.2) is 54.9 Å². The fraction of sp³-hybridized carbons (Fsp3) is 0.550. The molecule has 8 nitrogen and oxygen atoms in total. The van der Waals surface area contributed by atoms with Gasteiger partial charge in [-0.2, -0.15) is 5.10 Å². The minimum Gasteiger partial charge on any atom is -0.338 e. The molecule has 0 bridgehead atoms. The second-order valence-electron chi connectivity index (χ2n) is 7.91. The van der Waals surface area contributed by atoms with Crippen molar-refractivity contribution in [3.05, 3.63) is 40.7 Å². The summed E-state index contributed by atoms with van der Waals surface area (Å²) in [6.07, 6.45) is 4.32. The summed E-state index contributed by atoms with van der Waals surface area (Å²) < 4.78 is 0. The third-order valence-electron chi connectivity index (χ3n) is 5.65. The van der Waals surface area contributed by atoms with Crippen LogP contribution in [0, 0.1) is 0 Å². The van der Waals surface area contributed by atoms with Crippen molar-refractivity contribution in [1.29, 1.82) is 0 Å². The third-order valence-corrected chi connectivity index (χ3v) is 5.65. The largest absolute Gasteiger partial charge is 0.338 e. The standard InChI is InChI=1S/C20H26N6O2/c1-12(2)16-9-17(24-23-16)20(28)26-7-4-5-18(26)19-21-10-14-11-25(13(3)27)8-6-15(14)22-19/h9-10,12,18H,4-8,11H2,1-3H3,(H,23,24)/t18-/m1/s1. The van der Waals surface area contributed by atoms with E-state index in [-0.39, 0.29) is 17.9 Å². The number of aromatic nitrogens is 4. The minimum atomic E-state index is -0.122. The van der Waals surface area contributed by atoms with E-state index in [1.54, 1.807) is 11.8 Å². The molecular weight excluding hydrogens is 356 g/mol. The number of H-pyrrole nitrogens is 1. The SMILES string of the molecule is CC(=O)N1CCc2nc([C@H]3CCCN3C(=O)c3cc(C(C)C)[nH]n3)ncc2C1. The molecule has 0 aliphatic carbocycles. The van der Waals surface area contributed by atoms with E-state index in [0.717, 1.165) is 36.2 Å². The minimum absolute atomic E-state index is 0.0714. The predicted molar refractivity (Wildman–Crippen MR) is 103 cm³/mol. The highest BCUT2D eigenvalue weighted by Crippen LogP contribution is 2.32. The summed E-state index contributed by atoms with van der Waals surface area (Å²) in [6.45, 7) is 7.64. The Labute approximate surface area is 164 Å². The van der Waals surface area contributed by atoms with Crippen LogP contribution in [0.25, 0.3) is 0 Å². The molecular formula is C20H26N6O2. The molecule has 0 saturated carbocycles. The fourth-order valence-corrected chi connectivity index (χ4v) is 3.93. The van der Waals surface area contributed by atoms with Crippen LogP contribution >= 0.6 is 0 Å². The molecule has 2 amide bonds. The van der Waals surface area contributed by atoms with Crippen LogP contribution in [0.2, 0.25) is 0 Å². The molecule has 1 saturated heterocycles. The Bertz CT molecular complexity index is 906. The number of carbonyl (C=O) groups excluding carboxylic acids is 2. The number of amides is 2. The van der Waals surface area contributed by atoms with Crippen LogP contribution in [0.15, 0.2) is 12.3 Å². The van der Waals surface area contributed by atoms with Gasteiger partial charge in [0.15, 0.2) is 5.82 Å². The molecule has 2 aliphatic rings. The molecule has 0 aromatic carbocycles. The van der Waals surface area contributed by atoms with Gasteiger partial charge in [-0.15, -0.1) is 0 Å². The Kier molecular flexibility index (Phi) is 4.87. The summed E-state index contributed by atoms with van der Waals surface area (Å²) in [5, 5.41) is 7.17. The van der Waals surface area contributed by atoms with Crippen LogP contribution in [0.4, 0.5) is 0 Å². The molecule has 4 heterocycles. The van der Waals surface area contributed by atoms with Crippen molar-refractivity contribution in [2.24, 2.45) is 0 Å². The van der Waals surface area contributed by atoms with E-state index in [1.165, 1.54) is 0 Å². The molecule has 0 spiro atoms. The highest BCUT2D eigenvalue weighted by molar-refractivity contribution is 5.92. The first-order valence-corrected chi connectivity index (χ1v) is 9.90. The number of hydrogen-bond acceptors (Lipinski definition) is 5. The lowest BCUT2D eigenvalue weighted by atomic mass is 10.1. The number of likely N-dealkylation sites (tertiary alicyclic amines) is 1. The quantitative estimate of drug-likeness (QED) is 0.878. The molecule has 0 unspecified atom stereocenters. The highest BCUT2D eigenvalue weighted by Gasteiger charge is 2.34. The van der Waals surface area contributed by atoms with E-state index in [1.807, 2.05) is 17.2 Å². The first kappa shape index (κ1) is 18.6. The van der Waals surface area contributed by atoms with E-state index in [4.69, 9.17) is 4.98 Å². The predicted octanol–water partition coefficient (Wildman–Crippen LogP) is 2.20. The van der Waals surface area contributed by atoms with Crippen molar-refractivity contribution >= 4 is 11.8 Å². The van der Waals surface area contributed by atoms with Crippen LogP contribution in [-0.2, 0) is 17.8 Å². The molecule has 1 N–H and O–H groups in total. The van der Waals surface area contributed by atoms with Gasteiger partial charge >= 0.3 is 0 Å². The summed E-state index contributed by atoms with van der Waals surface area (Å²) in [6, 6.07) is 1.72. The van der Waals surface area contributed by atoms with Gasteiger partial charge in [-0.05, 0) is 24.8 Å². The zero-order valence-corrected chi connectivity index (χ0v) is 16.6. The Balaban J connectivity index is 1.55. The Morgan fingerprint density at radius 3 is 2.82 bits per heavy atom. The fourth-order valence-electron chi connectivity index (χ4n) is 3.93. The third kappa shape index (κ3) is 3.39. The molecule has 1 fully saturated rings. The van der Waals surface area contributed by atoms with Gasteiger partial charge in [0.2, 0.25) is 5.91 Å². The van der Waals surface area contributed by atoms with Gasteiger partial charge in [0.1, 0.15) is 5.69 Å². The second kappa shape index (κ2) is 7.33. The highest BCUT2D eigenvalue weighted by atomic mass is 16.2. The summed E-state index contributed by atoms with van der Waals surface area (Å²) in [7, 11) is 0. The van der Waals surface area contributed by atoms with Gasteiger partial charge in [-0.1, -0.05) is 13.8 Å². The second-order valence-corrected chi connectivity index (χ2v) is 7.91. The van der Waals surface area contributed by atoms with Crippen molar-refractivity contribution in [3.63, 3.8) is 0 Å². The molecule has 2 aromatic heterocycles. The summed E-state index contributed by atoms with van der Waals surface area (Å²) >= 11 is 0. The van der Waals surface area contributed by atoms with Gasteiger partial charge in [0.25, 0.3) is 5.91 Å². The van der Waals surface area contributed by atoms with Gasteiger partial charge < -0.3 is 9.80 Å². The van der Waals surface area contributed by atoms with E-state index >= 15 is 0 Å². The van der Waals surface area contributed by atoms with E-state index in [0.29, 0.717) is 37.1 Å². The van der Waals surface area contributed by atoms with Gasteiger partial charge in [0.05, 0.1) is 11.7 Å². The number of nitrogens with zero attached hydrogens (tertiary/aromatic N) is 5. The molecule has 4 rings (SSSR count). The average molecular weight is 382 g/mol. The molecule has 148 valence electrons. The maximum atomic E-state index is 13.0. The average Bonchev–Trinajstić information content (AvgIpc) is 3.36. The van der Waals surface area contributed by atoms with Gasteiger partial charge in [-0.3, -0.25) is 14.7 Å². The van der Waals surface area contributed by atoms with Crippen LogP contribution < -0.4 is 0 Å². The number of rotatable bonds is 3. The van der Waals surface area contributed by atoms with Crippen molar-refractivity contribution in [3.8, 4) is 0 Å². The monoisotopic (exact) mass is 382 g/mol. The van der Waals surface area contributed by atoms with Crippen LogP contribution in [0.3, 0.4) is 0 Å². The number of fused-ring (bicyclic) bond motifs is 1. The van der Waals surface area contributed by atoms with Crippen LogP contribution in [0.5, 0.6) is 0 Å². The summed E-state index contributed by atoms with van der Waals surface area (Å²) in [4.78, 5) is 37.6. The number of aromatic amines is 1. The van der Waals surface area contributed by atoms with E-state index < -0.39 is 0 Å². The number of nitrogens with one attached hydrogen (secondary N) is 1. The zero-order valence-electron chi connectivity index (χ0n) is 16.6. The molecule has 1 atom stereocenters. The summed E-state index contributed by atoms with van der Waals surface area (Å²) in [5.41, 5.74) is 3.39. The van der Waals surface area contributed by atoms with Gasteiger partial charge in [0, 0.05) is 50.4 Å². The van der Waals surface area contributed by atoms with E-state index in [2.05, 4.69) is 29.0 Å². The van der Waals surface area contributed by atoms with Crippen molar-refractivity contribution in [2.75, 3.05) is 13.1 Å². The molecule has 0 radical (unpaired) electrons. The normalized spacial score (nSPS) is 19.2. The lowest BCUT2D eigenvalue weighted by molar-refractivity contribution is -0.129. The van der Waals surface area contributed by atoms with E-state index in [9.17, 15) is 9.59 Å². The Morgan fingerprint density at radius 2 is 2.11 bits per heavy atom. The molecule has 28 heavy (non-hydrogen) atoms. The first-order valence-electron chi connectivity index (χ1n) is 9.90. The number of carbonyl (C=O) groups is 2. The van der Waals surface area contributed by atoms with Crippen molar-refractivity contribution in [1.82, 2.24) is 30.0 Å². The Morgan fingerprint density at radius 1 is 1.29 bits per heavy atom. The van der Waals surface area contributed by atoms with Gasteiger partial charge in [-0.25, -0.2) is 9.97 Å². The molecule has 2 aromatic rings. The number of hydrogen-bond donors (Lipinski definition) is 1. The zero-order chi connectivity index (χ0) is 19.8. The van der Waals surface area contributed by atoms with Crippen molar-refractivity contribution < 1.29 is 9.59 Å². The maximum absolute atomic E-state index is 13.0. The lowest BCUT2D eigenvalue weighted by Gasteiger charge is -2.28. The summed E-state index contributed by atoms with van der Waals surface area (Å²) in [5.74, 6) is 0.985. The van der Waals surface area contributed by atoms with Crippen molar-refractivity contribution in [2.45, 2.75) is 58.5 Å². The smallest absolute Gasteiger partial charge is 0.274 e. The maximum Gasteiger partial charge on any atom is 0.274 e. The lowest BCUT2D eigenvalue weighted by Crippen LogP contribution is -2.36.